The topological polar surface area (TPSA) is 9.23 Å². The summed E-state index contributed by atoms with van der Waals surface area (Å²) in [4.78, 5) is 0.466. The maximum absolute atomic E-state index is 5.71. The van der Waals surface area contributed by atoms with Gasteiger partial charge in [0.25, 0.3) is 0 Å². The van der Waals surface area contributed by atoms with Crippen molar-refractivity contribution in [3.05, 3.63) is 29.3 Å². The molecule has 88 valence electrons. The molecule has 0 bridgehead atoms. The molecule has 2 unspecified atom stereocenters. The van der Waals surface area contributed by atoms with Crippen molar-refractivity contribution < 1.29 is 4.74 Å². The predicted molar refractivity (Wildman–Crippen MR) is 71.4 cm³/mol. The third kappa shape index (κ3) is 2.60. The third-order valence-electron chi connectivity index (χ3n) is 2.96. The summed E-state index contributed by atoms with van der Waals surface area (Å²) < 4.78 is 5.71. The van der Waals surface area contributed by atoms with E-state index in [1.165, 1.54) is 17.5 Å². The van der Waals surface area contributed by atoms with Crippen molar-refractivity contribution >= 4 is 15.9 Å². The van der Waals surface area contributed by atoms with Crippen LogP contribution < -0.4 is 4.74 Å². The van der Waals surface area contributed by atoms with Gasteiger partial charge in [-0.25, -0.2) is 0 Å². The van der Waals surface area contributed by atoms with E-state index in [4.69, 9.17) is 4.74 Å². The standard InChI is InChI=1S/C14H19BrO/c1-9(2)6-13(15)11-4-5-14-12(8-11)7-10(3)16-14/h4-5,8-10,13H,6-7H2,1-3H3. The lowest BCUT2D eigenvalue weighted by Gasteiger charge is -2.13. The summed E-state index contributed by atoms with van der Waals surface area (Å²) in [5.74, 6) is 1.79. The molecule has 1 aromatic carbocycles. The minimum absolute atomic E-state index is 0.337. The molecule has 0 radical (unpaired) electrons. The van der Waals surface area contributed by atoms with Gasteiger partial charge in [-0.2, -0.15) is 0 Å². The molecule has 0 fully saturated rings. The van der Waals surface area contributed by atoms with Crippen molar-refractivity contribution in [2.45, 2.75) is 44.5 Å². The fourth-order valence-corrected chi connectivity index (χ4v) is 3.22. The van der Waals surface area contributed by atoms with Gasteiger partial charge in [-0.15, -0.1) is 0 Å². The van der Waals surface area contributed by atoms with E-state index in [2.05, 4.69) is 54.9 Å². The van der Waals surface area contributed by atoms with Gasteiger partial charge >= 0.3 is 0 Å². The zero-order chi connectivity index (χ0) is 11.7. The Kier molecular flexibility index (Phi) is 3.58. The number of rotatable bonds is 3. The molecule has 0 saturated carbocycles. The van der Waals surface area contributed by atoms with Gasteiger partial charge in [0.1, 0.15) is 11.9 Å². The van der Waals surface area contributed by atoms with Gasteiger partial charge in [-0.05, 0) is 36.5 Å². The van der Waals surface area contributed by atoms with Crippen molar-refractivity contribution in [3.63, 3.8) is 0 Å². The summed E-state index contributed by atoms with van der Waals surface area (Å²) in [6.45, 7) is 6.64. The van der Waals surface area contributed by atoms with E-state index in [-0.39, 0.29) is 0 Å². The highest BCUT2D eigenvalue weighted by Gasteiger charge is 2.20. The first kappa shape index (κ1) is 12.0. The van der Waals surface area contributed by atoms with Crippen LogP contribution in [0.5, 0.6) is 5.75 Å². The summed E-state index contributed by atoms with van der Waals surface area (Å²) in [6, 6.07) is 6.59. The van der Waals surface area contributed by atoms with E-state index < -0.39 is 0 Å². The largest absolute Gasteiger partial charge is 0.490 e. The number of benzene rings is 1. The number of halogens is 1. The molecule has 0 aromatic heterocycles. The van der Waals surface area contributed by atoms with Gasteiger partial charge in [0.2, 0.25) is 0 Å². The second kappa shape index (κ2) is 4.79. The molecule has 0 N–H and O–H groups in total. The highest BCUT2D eigenvalue weighted by Crippen LogP contribution is 2.35. The smallest absolute Gasteiger partial charge is 0.123 e. The van der Waals surface area contributed by atoms with Gasteiger partial charge in [0, 0.05) is 11.2 Å². The van der Waals surface area contributed by atoms with E-state index in [0.29, 0.717) is 16.8 Å². The predicted octanol–water partition coefficient (Wildman–Crippen LogP) is 4.49. The van der Waals surface area contributed by atoms with E-state index in [0.717, 1.165) is 12.2 Å². The van der Waals surface area contributed by atoms with Gasteiger partial charge in [-0.1, -0.05) is 41.9 Å². The maximum atomic E-state index is 5.71. The first-order chi connectivity index (χ1) is 7.56. The van der Waals surface area contributed by atoms with Crippen LogP contribution in [-0.2, 0) is 6.42 Å². The molecule has 1 heterocycles. The molecule has 2 rings (SSSR count). The van der Waals surface area contributed by atoms with E-state index in [1.807, 2.05) is 0 Å². The number of fused-ring (bicyclic) bond motifs is 1. The number of ether oxygens (including phenoxy) is 1. The molecule has 2 atom stereocenters. The molecule has 0 saturated heterocycles. The highest BCUT2D eigenvalue weighted by atomic mass is 79.9. The molecule has 1 nitrogen and oxygen atoms in total. The molecular formula is C14H19BrO. The molecule has 0 aliphatic carbocycles. The van der Waals surface area contributed by atoms with Crippen LogP contribution in [0.1, 0.15) is 43.1 Å². The first-order valence-corrected chi connectivity index (χ1v) is 6.91. The Morgan fingerprint density at radius 3 is 2.88 bits per heavy atom. The normalized spacial score (nSPS) is 20.7. The summed E-state index contributed by atoms with van der Waals surface area (Å²) in [5, 5.41) is 0. The van der Waals surface area contributed by atoms with Crippen LogP contribution in [0.25, 0.3) is 0 Å². The molecule has 16 heavy (non-hydrogen) atoms. The molecule has 1 aliphatic heterocycles. The van der Waals surface area contributed by atoms with E-state index in [9.17, 15) is 0 Å². The average Bonchev–Trinajstić information content (AvgIpc) is 2.55. The number of hydrogen-bond donors (Lipinski definition) is 0. The lowest BCUT2D eigenvalue weighted by Crippen LogP contribution is -2.05. The molecule has 1 aromatic rings. The van der Waals surface area contributed by atoms with Crippen molar-refractivity contribution in [2.75, 3.05) is 0 Å². The lowest BCUT2D eigenvalue weighted by molar-refractivity contribution is 0.254. The maximum Gasteiger partial charge on any atom is 0.123 e. The van der Waals surface area contributed by atoms with Crippen LogP contribution in [-0.4, -0.2) is 6.10 Å². The summed E-state index contributed by atoms with van der Waals surface area (Å²) in [7, 11) is 0. The van der Waals surface area contributed by atoms with Crippen LogP contribution in [0.15, 0.2) is 18.2 Å². The van der Waals surface area contributed by atoms with Gasteiger partial charge in [0.05, 0.1) is 0 Å². The summed E-state index contributed by atoms with van der Waals surface area (Å²) in [5.41, 5.74) is 2.74. The molecule has 1 aliphatic rings. The second-order valence-electron chi connectivity index (χ2n) is 5.10. The monoisotopic (exact) mass is 282 g/mol. The van der Waals surface area contributed by atoms with Crippen LogP contribution >= 0.6 is 15.9 Å². The summed E-state index contributed by atoms with van der Waals surface area (Å²) in [6.07, 6.45) is 2.56. The van der Waals surface area contributed by atoms with Crippen molar-refractivity contribution in [2.24, 2.45) is 5.92 Å². The van der Waals surface area contributed by atoms with Crippen LogP contribution in [0, 0.1) is 5.92 Å². The van der Waals surface area contributed by atoms with Gasteiger partial charge < -0.3 is 4.74 Å². The fourth-order valence-electron chi connectivity index (χ4n) is 2.19. The van der Waals surface area contributed by atoms with Crippen molar-refractivity contribution in [1.82, 2.24) is 0 Å². The highest BCUT2D eigenvalue weighted by molar-refractivity contribution is 9.09. The Morgan fingerprint density at radius 1 is 1.44 bits per heavy atom. The van der Waals surface area contributed by atoms with Crippen LogP contribution in [0.3, 0.4) is 0 Å². The molecular weight excluding hydrogens is 264 g/mol. The second-order valence-corrected chi connectivity index (χ2v) is 6.20. The lowest BCUT2D eigenvalue weighted by atomic mass is 10.00. The van der Waals surface area contributed by atoms with Crippen molar-refractivity contribution in [1.29, 1.82) is 0 Å². The van der Waals surface area contributed by atoms with Crippen LogP contribution in [0.2, 0.25) is 0 Å². The van der Waals surface area contributed by atoms with Crippen molar-refractivity contribution in [3.8, 4) is 5.75 Å². The minimum Gasteiger partial charge on any atom is -0.490 e. The Morgan fingerprint density at radius 2 is 2.19 bits per heavy atom. The number of alkyl halides is 1. The minimum atomic E-state index is 0.337. The third-order valence-corrected chi connectivity index (χ3v) is 3.86. The Balaban J connectivity index is 2.16. The van der Waals surface area contributed by atoms with Gasteiger partial charge in [-0.3, -0.25) is 0 Å². The number of hydrogen-bond acceptors (Lipinski definition) is 1. The quantitative estimate of drug-likeness (QED) is 0.742. The SMILES string of the molecule is CC(C)CC(Br)c1ccc2c(c1)CC(C)O2. The Bertz CT molecular complexity index is 373. The van der Waals surface area contributed by atoms with Crippen LogP contribution in [0.4, 0.5) is 0 Å². The molecule has 2 heteroatoms. The Hall–Kier alpha value is -0.500. The summed E-state index contributed by atoms with van der Waals surface area (Å²) >= 11 is 3.77. The van der Waals surface area contributed by atoms with Gasteiger partial charge in [0.15, 0.2) is 0 Å². The van der Waals surface area contributed by atoms with E-state index in [1.54, 1.807) is 0 Å². The first-order valence-electron chi connectivity index (χ1n) is 6.00. The fraction of sp³-hybridized carbons (Fsp3) is 0.571. The zero-order valence-electron chi connectivity index (χ0n) is 10.2. The molecule has 0 amide bonds. The molecule has 0 spiro atoms. The zero-order valence-corrected chi connectivity index (χ0v) is 11.8. The van der Waals surface area contributed by atoms with E-state index >= 15 is 0 Å². The average molecular weight is 283 g/mol. The Labute approximate surface area is 106 Å².